The molecule has 5 nitrogen and oxygen atoms in total. The molecule has 0 fully saturated rings. The summed E-state index contributed by atoms with van der Waals surface area (Å²) in [5, 5.41) is 8.26. The first-order valence-electron chi connectivity index (χ1n) is 5.07. The van der Waals surface area contributed by atoms with Crippen molar-refractivity contribution in [3.63, 3.8) is 0 Å². The third-order valence-electron chi connectivity index (χ3n) is 1.30. The van der Waals surface area contributed by atoms with Crippen molar-refractivity contribution in [3.8, 4) is 0 Å². The summed E-state index contributed by atoms with van der Waals surface area (Å²) in [4.78, 5) is 0. The summed E-state index contributed by atoms with van der Waals surface area (Å²) in [6.07, 6.45) is 0. The molecule has 0 heterocycles. The molecule has 0 aromatic rings. The number of hydrogen-bond donors (Lipinski definition) is 1. The minimum atomic E-state index is 0.0894. The molecule has 0 rings (SSSR count). The van der Waals surface area contributed by atoms with E-state index >= 15 is 0 Å². The molecule has 94 valence electrons. The maximum absolute atomic E-state index is 8.26. The lowest BCUT2D eigenvalue weighted by Gasteiger charge is -2.00. The molecule has 0 spiro atoms. The summed E-state index contributed by atoms with van der Waals surface area (Å²) in [7, 11) is 3.30. The van der Waals surface area contributed by atoms with E-state index in [1.54, 1.807) is 14.2 Å². The smallest absolute Gasteiger partial charge is 0.0701 e. The Morgan fingerprint density at radius 3 is 1.73 bits per heavy atom. The molecule has 0 aliphatic rings. The molecule has 5 heteroatoms. The van der Waals surface area contributed by atoms with Crippen LogP contribution in [0.2, 0.25) is 0 Å². The van der Waals surface area contributed by atoms with E-state index < -0.39 is 0 Å². The highest BCUT2D eigenvalue weighted by molar-refractivity contribution is 4.28. The Morgan fingerprint density at radius 1 is 0.800 bits per heavy atom. The number of rotatable bonds is 9. The number of methoxy groups -OCH3 is 2. The van der Waals surface area contributed by atoms with Gasteiger partial charge >= 0.3 is 0 Å². The van der Waals surface area contributed by atoms with Crippen molar-refractivity contribution >= 4 is 0 Å². The summed E-state index contributed by atoms with van der Waals surface area (Å²) < 4.78 is 19.2. The van der Waals surface area contributed by atoms with Gasteiger partial charge < -0.3 is 24.1 Å². The summed E-state index contributed by atoms with van der Waals surface area (Å²) in [6, 6.07) is 0. The molecule has 1 N–H and O–H groups in total. The zero-order chi connectivity index (χ0) is 11.8. The van der Waals surface area contributed by atoms with E-state index in [0.717, 1.165) is 6.61 Å². The van der Waals surface area contributed by atoms with Crippen molar-refractivity contribution < 1.29 is 24.1 Å². The molecule has 0 atom stereocenters. The van der Waals surface area contributed by atoms with Gasteiger partial charge in [0.25, 0.3) is 0 Å². The fourth-order valence-corrected chi connectivity index (χ4v) is 0.595. The van der Waals surface area contributed by atoms with Gasteiger partial charge in [-0.2, -0.15) is 0 Å². The molecular weight excluding hydrogens is 200 g/mol. The molecule has 0 aliphatic carbocycles. The largest absolute Gasteiger partial charge is 0.394 e. The van der Waals surface area contributed by atoms with Crippen molar-refractivity contribution in [1.82, 2.24) is 0 Å². The number of hydrogen-bond acceptors (Lipinski definition) is 5. The van der Waals surface area contributed by atoms with Crippen LogP contribution in [-0.4, -0.2) is 65.6 Å². The normalized spacial score (nSPS) is 9.60. The number of aliphatic hydroxyl groups is 1. The first kappa shape index (κ1) is 17.2. The van der Waals surface area contributed by atoms with Gasteiger partial charge in [-0.3, -0.25) is 0 Å². The Hall–Kier alpha value is -0.200. The number of aliphatic hydroxyl groups excluding tert-OH is 1. The molecule has 0 saturated carbocycles. The second kappa shape index (κ2) is 19.4. The molecule has 0 saturated heterocycles. The van der Waals surface area contributed by atoms with Crippen LogP contribution in [0.4, 0.5) is 0 Å². The van der Waals surface area contributed by atoms with Crippen LogP contribution in [-0.2, 0) is 18.9 Å². The fraction of sp³-hybridized carbons (Fsp3) is 1.00. The van der Waals surface area contributed by atoms with Gasteiger partial charge in [0, 0.05) is 20.8 Å². The van der Waals surface area contributed by atoms with Gasteiger partial charge in [-0.25, -0.2) is 0 Å². The molecule has 0 aromatic heterocycles. The Balaban J connectivity index is 0. The lowest BCUT2D eigenvalue weighted by Crippen LogP contribution is -2.06. The van der Waals surface area contributed by atoms with Crippen LogP contribution in [0.25, 0.3) is 0 Å². The Labute approximate surface area is 92.3 Å². The zero-order valence-electron chi connectivity index (χ0n) is 10.0. The van der Waals surface area contributed by atoms with E-state index in [1.807, 2.05) is 6.92 Å². The first-order valence-corrected chi connectivity index (χ1v) is 5.07. The molecule has 0 aromatic carbocycles. The molecule has 15 heavy (non-hydrogen) atoms. The predicted molar refractivity (Wildman–Crippen MR) is 58.1 cm³/mol. The fourth-order valence-electron chi connectivity index (χ4n) is 0.595. The van der Waals surface area contributed by atoms with E-state index in [2.05, 4.69) is 9.47 Å². The highest BCUT2D eigenvalue weighted by Crippen LogP contribution is 1.76. The summed E-state index contributed by atoms with van der Waals surface area (Å²) in [5.41, 5.74) is 0. The number of ether oxygens (including phenoxy) is 4. The maximum atomic E-state index is 8.26. The Bertz CT molecular complexity index is 79.9. The SMILES string of the molecule is CCOCCOCCO.COCCOC. The van der Waals surface area contributed by atoms with E-state index in [0.29, 0.717) is 33.0 Å². The third kappa shape index (κ3) is 24.8. The average Bonchev–Trinajstić information content (AvgIpc) is 2.27. The van der Waals surface area contributed by atoms with Crippen LogP contribution >= 0.6 is 0 Å². The summed E-state index contributed by atoms with van der Waals surface area (Å²) >= 11 is 0. The van der Waals surface area contributed by atoms with E-state index in [-0.39, 0.29) is 6.61 Å². The Morgan fingerprint density at radius 2 is 1.33 bits per heavy atom. The van der Waals surface area contributed by atoms with Crippen LogP contribution in [0.3, 0.4) is 0 Å². The quantitative estimate of drug-likeness (QED) is 0.571. The summed E-state index contributed by atoms with van der Waals surface area (Å²) in [5.74, 6) is 0. The molecule has 0 bridgehead atoms. The minimum absolute atomic E-state index is 0.0894. The first-order chi connectivity index (χ1) is 7.33. The van der Waals surface area contributed by atoms with E-state index in [4.69, 9.17) is 14.6 Å². The second-order valence-electron chi connectivity index (χ2n) is 2.52. The van der Waals surface area contributed by atoms with Crippen LogP contribution < -0.4 is 0 Å². The predicted octanol–water partition coefficient (Wildman–Crippen LogP) is 0.311. The monoisotopic (exact) mass is 224 g/mol. The lowest BCUT2D eigenvalue weighted by atomic mass is 10.7. The average molecular weight is 224 g/mol. The van der Waals surface area contributed by atoms with Crippen molar-refractivity contribution in [3.05, 3.63) is 0 Å². The van der Waals surface area contributed by atoms with Crippen molar-refractivity contribution in [2.24, 2.45) is 0 Å². The van der Waals surface area contributed by atoms with Crippen LogP contribution in [0.1, 0.15) is 6.92 Å². The van der Waals surface area contributed by atoms with Crippen molar-refractivity contribution in [1.29, 1.82) is 0 Å². The third-order valence-corrected chi connectivity index (χ3v) is 1.30. The van der Waals surface area contributed by atoms with E-state index in [9.17, 15) is 0 Å². The van der Waals surface area contributed by atoms with Crippen molar-refractivity contribution in [2.75, 3.05) is 60.5 Å². The standard InChI is InChI=1S/C6H14O3.C4H10O2/c1-2-8-5-6-9-4-3-7;1-5-3-4-6-2/h7H,2-6H2,1H3;3-4H2,1-2H3. The van der Waals surface area contributed by atoms with E-state index in [1.165, 1.54) is 0 Å². The van der Waals surface area contributed by atoms with Crippen molar-refractivity contribution in [2.45, 2.75) is 6.92 Å². The second-order valence-corrected chi connectivity index (χ2v) is 2.52. The molecule has 0 amide bonds. The van der Waals surface area contributed by atoms with Crippen LogP contribution in [0.15, 0.2) is 0 Å². The van der Waals surface area contributed by atoms with Gasteiger partial charge in [0.1, 0.15) is 0 Å². The molecule has 0 radical (unpaired) electrons. The van der Waals surface area contributed by atoms with Gasteiger partial charge in [0.15, 0.2) is 0 Å². The lowest BCUT2D eigenvalue weighted by molar-refractivity contribution is 0.0370. The van der Waals surface area contributed by atoms with Gasteiger partial charge in [0.05, 0.1) is 39.6 Å². The maximum Gasteiger partial charge on any atom is 0.0701 e. The highest BCUT2D eigenvalue weighted by atomic mass is 16.5. The summed E-state index contributed by atoms with van der Waals surface area (Å²) in [6.45, 7) is 5.74. The Kier molecular flexibility index (Phi) is 22.2. The van der Waals surface area contributed by atoms with Gasteiger partial charge in [-0.15, -0.1) is 0 Å². The topological polar surface area (TPSA) is 57.2 Å². The van der Waals surface area contributed by atoms with Gasteiger partial charge in [-0.1, -0.05) is 0 Å². The molecule has 0 aliphatic heterocycles. The van der Waals surface area contributed by atoms with Crippen LogP contribution in [0, 0.1) is 0 Å². The van der Waals surface area contributed by atoms with Gasteiger partial charge in [0.2, 0.25) is 0 Å². The van der Waals surface area contributed by atoms with Crippen LogP contribution in [0.5, 0.6) is 0 Å². The highest BCUT2D eigenvalue weighted by Gasteiger charge is 1.84. The zero-order valence-corrected chi connectivity index (χ0v) is 10.0. The molecule has 0 unspecified atom stereocenters. The minimum Gasteiger partial charge on any atom is -0.394 e. The molecular formula is C10H24O5. The van der Waals surface area contributed by atoms with Gasteiger partial charge in [-0.05, 0) is 6.92 Å².